The maximum atomic E-state index is 11.8. The molecule has 0 spiro atoms. The molecule has 3 N–H and O–H groups in total. The Balaban J connectivity index is 2.26. The highest BCUT2D eigenvalue weighted by molar-refractivity contribution is 6.33. The third-order valence-electron chi connectivity index (χ3n) is 2.65. The van der Waals surface area contributed by atoms with E-state index in [1.54, 1.807) is 24.3 Å². The zero-order valence-corrected chi connectivity index (χ0v) is 13.4. The molecule has 0 unspecified atom stereocenters. The summed E-state index contributed by atoms with van der Waals surface area (Å²) in [5, 5.41) is 8.11. The summed E-state index contributed by atoms with van der Waals surface area (Å²) in [4.78, 5) is 34.7. The van der Waals surface area contributed by atoms with E-state index in [0.29, 0.717) is 10.6 Å². The van der Waals surface area contributed by atoms with Crippen molar-refractivity contribution in [1.29, 1.82) is 0 Å². The molecule has 1 rings (SSSR count). The van der Waals surface area contributed by atoms with Gasteiger partial charge in [0.25, 0.3) is 5.91 Å². The molecule has 1 aromatic rings. The van der Waals surface area contributed by atoms with Crippen LogP contribution in [0.15, 0.2) is 24.3 Å². The Bertz CT molecular complexity index is 547. The van der Waals surface area contributed by atoms with E-state index in [1.165, 1.54) is 0 Å². The van der Waals surface area contributed by atoms with E-state index in [1.807, 2.05) is 13.8 Å². The number of rotatable bonds is 7. The monoisotopic (exact) mass is 325 g/mol. The highest BCUT2D eigenvalue weighted by Gasteiger charge is 2.10. The first-order valence-corrected chi connectivity index (χ1v) is 7.36. The van der Waals surface area contributed by atoms with Crippen LogP contribution in [0.1, 0.15) is 30.6 Å². The molecule has 0 heterocycles. The first-order chi connectivity index (χ1) is 10.4. The van der Waals surface area contributed by atoms with E-state index in [0.717, 1.165) is 0 Å². The van der Waals surface area contributed by atoms with Crippen molar-refractivity contribution in [2.75, 3.05) is 13.1 Å². The summed E-state index contributed by atoms with van der Waals surface area (Å²) in [5.41, 5.74) is 0.362. The Morgan fingerprint density at radius 2 is 1.77 bits per heavy atom. The van der Waals surface area contributed by atoms with Gasteiger partial charge in [0.05, 0.1) is 17.1 Å². The van der Waals surface area contributed by atoms with Crippen molar-refractivity contribution in [3.05, 3.63) is 34.9 Å². The summed E-state index contributed by atoms with van der Waals surface area (Å²) in [6, 6.07) is 6.69. The van der Waals surface area contributed by atoms with Gasteiger partial charge in [0.1, 0.15) is 0 Å². The third kappa shape index (κ3) is 6.58. The zero-order chi connectivity index (χ0) is 16.5. The number of nitrogens with one attached hydrogen (secondary N) is 3. The van der Waals surface area contributed by atoms with Crippen molar-refractivity contribution < 1.29 is 14.4 Å². The molecule has 0 atom stereocenters. The van der Waals surface area contributed by atoms with E-state index >= 15 is 0 Å². The smallest absolute Gasteiger partial charge is 0.252 e. The number of carbonyl (C=O) groups excluding carboxylic acids is 3. The second kappa shape index (κ2) is 9.04. The van der Waals surface area contributed by atoms with Crippen LogP contribution in [0.4, 0.5) is 0 Å². The van der Waals surface area contributed by atoms with Crippen LogP contribution in [-0.4, -0.2) is 36.9 Å². The summed E-state index contributed by atoms with van der Waals surface area (Å²) >= 11 is 5.90. The van der Waals surface area contributed by atoms with Gasteiger partial charge >= 0.3 is 0 Å². The van der Waals surface area contributed by atoms with E-state index in [9.17, 15) is 14.4 Å². The number of hydrogen-bond acceptors (Lipinski definition) is 3. The minimum absolute atomic E-state index is 0.0271. The summed E-state index contributed by atoms with van der Waals surface area (Å²) in [6.45, 7) is 3.77. The molecule has 0 aliphatic rings. The second-order valence-corrected chi connectivity index (χ2v) is 5.39. The Morgan fingerprint density at radius 3 is 2.41 bits per heavy atom. The molecule has 0 bridgehead atoms. The molecule has 1 aromatic carbocycles. The Hall–Kier alpha value is -2.08. The fourth-order valence-electron chi connectivity index (χ4n) is 1.67. The Morgan fingerprint density at radius 1 is 1.09 bits per heavy atom. The fourth-order valence-corrected chi connectivity index (χ4v) is 1.89. The van der Waals surface area contributed by atoms with Gasteiger partial charge in [-0.1, -0.05) is 23.7 Å². The molecule has 0 radical (unpaired) electrons. The highest BCUT2D eigenvalue weighted by Crippen LogP contribution is 2.14. The summed E-state index contributed by atoms with van der Waals surface area (Å²) < 4.78 is 0. The number of amides is 3. The van der Waals surface area contributed by atoms with E-state index in [2.05, 4.69) is 16.0 Å². The lowest BCUT2D eigenvalue weighted by molar-refractivity contribution is -0.126. The van der Waals surface area contributed by atoms with Crippen molar-refractivity contribution in [1.82, 2.24) is 16.0 Å². The first-order valence-electron chi connectivity index (χ1n) is 6.99. The van der Waals surface area contributed by atoms with Gasteiger partial charge in [-0.3, -0.25) is 14.4 Å². The summed E-state index contributed by atoms with van der Waals surface area (Å²) in [6.07, 6.45) is 0.0884. The normalized spacial score (nSPS) is 10.2. The van der Waals surface area contributed by atoms with Gasteiger partial charge in [-0.15, -0.1) is 0 Å². The molecule has 120 valence electrons. The second-order valence-electron chi connectivity index (χ2n) is 4.98. The molecular weight excluding hydrogens is 306 g/mol. The lowest BCUT2D eigenvalue weighted by Gasteiger charge is -2.10. The van der Waals surface area contributed by atoms with Crippen molar-refractivity contribution >= 4 is 29.3 Å². The zero-order valence-electron chi connectivity index (χ0n) is 12.6. The van der Waals surface area contributed by atoms with Crippen molar-refractivity contribution in [3.8, 4) is 0 Å². The molecule has 0 aliphatic carbocycles. The topological polar surface area (TPSA) is 87.3 Å². The number of hydrogen-bond donors (Lipinski definition) is 3. The third-order valence-corrected chi connectivity index (χ3v) is 2.98. The fraction of sp³-hybridized carbons (Fsp3) is 0.400. The van der Waals surface area contributed by atoms with E-state index in [-0.39, 0.29) is 43.3 Å². The van der Waals surface area contributed by atoms with Crippen LogP contribution in [0, 0.1) is 0 Å². The standard InChI is InChI=1S/C15H20ClN3O3/c1-10(2)19-14(21)9-18-13(20)7-8-17-15(22)11-5-3-4-6-12(11)16/h3-6,10H,7-9H2,1-2H3,(H,17,22)(H,18,20)(H,19,21). The van der Waals surface area contributed by atoms with Crippen molar-refractivity contribution in [2.24, 2.45) is 0 Å². The number of carbonyl (C=O) groups is 3. The minimum atomic E-state index is -0.337. The Kier molecular flexibility index (Phi) is 7.39. The average molecular weight is 326 g/mol. The largest absolute Gasteiger partial charge is 0.352 e. The Labute approximate surface area is 134 Å². The van der Waals surface area contributed by atoms with Gasteiger partial charge in [-0.2, -0.15) is 0 Å². The molecule has 6 nitrogen and oxygen atoms in total. The van der Waals surface area contributed by atoms with Crippen molar-refractivity contribution in [3.63, 3.8) is 0 Å². The molecule has 0 aromatic heterocycles. The average Bonchev–Trinajstić information content (AvgIpc) is 2.44. The maximum Gasteiger partial charge on any atom is 0.252 e. The molecule has 0 saturated heterocycles. The minimum Gasteiger partial charge on any atom is -0.352 e. The lowest BCUT2D eigenvalue weighted by Crippen LogP contribution is -2.40. The highest BCUT2D eigenvalue weighted by atomic mass is 35.5. The SMILES string of the molecule is CC(C)NC(=O)CNC(=O)CCNC(=O)c1ccccc1Cl. The lowest BCUT2D eigenvalue weighted by atomic mass is 10.2. The predicted octanol–water partition coefficient (Wildman–Crippen LogP) is 1.10. The molecule has 22 heavy (non-hydrogen) atoms. The predicted molar refractivity (Wildman–Crippen MR) is 84.7 cm³/mol. The van der Waals surface area contributed by atoms with Crippen molar-refractivity contribution in [2.45, 2.75) is 26.3 Å². The van der Waals surface area contributed by atoms with E-state index < -0.39 is 0 Å². The van der Waals surface area contributed by atoms with Crippen LogP contribution in [-0.2, 0) is 9.59 Å². The van der Waals surface area contributed by atoms with Gasteiger partial charge in [-0.25, -0.2) is 0 Å². The van der Waals surface area contributed by atoms with Crippen LogP contribution in [0.2, 0.25) is 5.02 Å². The van der Waals surface area contributed by atoms with Gasteiger partial charge < -0.3 is 16.0 Å². The van der Waals surface area contributed by atoms with Gasteiger partial charge in [-0.05, 0) is 26.0 Å². The summed E-state index contributed by atoms with van der Waals surface area (Å²) in [7, 11) is 0. The summed E-state index contributed by atoms with van der Waals surface area (Å²) in [5.74, 6) is -0.891. The molecule has 3 amide bonds. The maximum absolute atomic E-state index is 11.8. The first kappa shape index (κ1) is 18.0. The van der Waals surface area contributed by atoms with Crippen LogP contribution >= 0.6 is 11.6 Å². The molecule has 0 saturated carbocycles. The quantitative estimate of drug-likeness (QED) is 0.701. The van der Waals surface area contributed by atoms with Crippen LogP contribution in [0.5, 0.6) is 0 Å². The van der Waals surface area contributed by atoms with Crippen LogP contribution in [0.3, 0.4) is 0 Å². The van der Waals surface area contributed by atoms with Gasteiger partial charge in [0.15, 0.2) is 0 Å². The van der Waals surface area contributed by atoms with E-state index in [4.69, 9.17) is 11.6 Å². The van der Waals surface area contributed by atoms with Gasteiger partial charge in [0, 0.05) is 19.0 Å². The number of benzene rings is 1. The van der Waals surface area contributed by atoms with Crippen LogP contribution in [0.25, 0.3) is 0 Å². The molecular formula is C15H20ClN3O3. The van der Waals surface area contributed by atoms with Crippen LogP contribution < -0.4 is 16.0 Å². The number of halogens is 1. The molecule has 7 heteroatoms. The molecule has 0 aliphatic heterocycles. The van der Waals surface area contributed by atoms with Gasteiger partial charge in [0.2, 0.25) is 11.8 Å². The molecule has 0 fully saturated rings.